The number of nitrogens with zero attached hydrogens (tertiary/aromatic N) is 3. The van der Waals surface area contributed by atoms with E-state index in [0.29, 0.717) is 6.54 Å². The van der Waals surface area contributed by atoms with Crippen molar-refractivity contribution in [2.24, 2.45) is 0 Å². The van der Waals surface area contributed by atoms with Gasteiger partial charge in [0.25, 0.3) is 0 Å². The van der Waals surface area contributed by atoms with Crippen LogP contribution >= 0.6 is 0 Å². The van der Waals surface area contributed by atoms with Gasteiger partial charge in [-0.15, -0.1) is 0 Å². The lowest BCUT2D eigenvalue weighted by Gasteiger charge is -2.23. The molecule has 0 radical (unpaired) electrons. The molecule has 2 N–H and O–H groups in total. The van der Waals surface area contributed by atoms with E-state index in [2.05, 4.69) is 20.7 Å². The van der Waals surface area contributed by atoms with E-state index >= 15 is 0 Å². The van der Waals surface area contributed by atoms with Crippen LogP contribution in [0.15, 0.2) is 24.5 Å². The first-order valence-electron chi connectivity index (χ1n) is 8.23. The van der Waals surface area contributed by atoms with Gasteiger partial charge < -0.3 is 15.4 Å². The molecule has 7 nitrogen and oxygen atoms in total. The van der Waals surface area contributed by atoms with Gasteiger partial charge >= 0.3 is 6.03 Å². The number of aromatic nitrogens is 3. The van der Waals surface area contributed by atoms with Gasteiger partial charge in [-0.05, 0) is 51.0 Å². The van der Waals surface area contributed by atoms with E-state index in [0.717, 1.165) is 35.7 Å². The molecule has 0 saturated heterocycles. The van der Waals surface area contributed by atoms with Crippen LogP contribution < -0.4 is 15.4 Å². The van der Waals surface area contributed by atoms with Crippen LogP contribution in [-0.2, 0) is 13.0 Å². The molecule has 0 saturated carbocycles. The third-order valence-corrected chi connectivity index (χ3v) is 3.94. The fraction of sp³-hybridized carbons (Fsp3) is 0.471. The summed E-state index contributed by atoms with van der Waals surface area (Å²) in [5, 5.41) is 10.0. The van der Waals surface area contributed by atoms with E-state index in [-0.39, 0.29) is 18.2 Å². The standard InChI is InChI=1S/C17H23N5O2/c1-11(2)24-15-6-4-13(8-12(15)3)20-17(23)21-14-5-7-16-18-10-19-22(16)9-14/h4,6,8,10-11,14H,5,7,9H2,1-3H3,(H2,20,21,23)/t14-/m0/s1. The lowest BCUT2D eigenvalue weighted by molar-refractivity contribution is 0.240. The summed E-state index contributed by atoms with van der Waals surface area (Å²) in [6.45, 7) is 6.60. The summed E-state index contributed by atoms with van der Waals surface area (Å²) in [5.74, 6) is 1.81. The molecule has 24 heavy (non-hydrogen) atoms. The normalized spacial score (nSPS) is 16.6. The van der Waals surface area contributed by atoms with Gasteiger partial charge in [0.15, 0.2) is 0 Å². The summed E-state index contributed by atoms with van der Waals surface area (Å²) in [7, 11) is 0. The van der Waals surface area contributed by atoms with E-state index in [4.69, 9.17) is 4.74 Å². The Morgan fingerprint density at radius 2 is 2.25 bits per heavy atom. The third-order valence-electron chi connectivity index (χ3n) is 3.94. The van der Waals surface area contributed by atoms with Crippen molar-refractivity contribution in [3.05, 3.63) is 35.9 Å². The Morgan fingerprint density at radius 1 is 1.42 bits per heavy atom. The highest BCUT2D eigenvalue weighted by atomic mass is 16.5. The van der Waals surface area contributed by atoms with Crippen LogP contribution in [0.3, 0.4) is 0 Å². The van der Waals surface area contributed by atoms with Crippen LogP contribution in [0.4, 0.5) is 10.5 Å². The number of carbonyl (C=O) groups is 1. The van der Waals surface area contributed by atoms with Gasteiger partial charge in [-0.1, -0.05) is 0 Å². The average Bonchev–Trinajstić information content (AvgIpc) is 2.97. The zero-order chi connectivity index (χ0) is 17.1. The number of hydrogen-bond acceptors (Lipinski definition) is 4. The van der Waals surface area contributed by atoms with Gasteiger partial charge in [0.2, 0.25) is 0 Å². The minimum Gasteiger partial charge on any atom is -0.491 e. The highest BCUT2D eigenvalue weighted by Gasteiger charge is 2.21. The Kier molecular flexibility index (Phi) is 4.69. The highest BCUT2D eigenvalue weighted by Crippen LogP contribution is 2.23. The number of anilines is 1. The monoisotopic (exact) mass is 329 g/mol. The summed E-state index contributed by atoms with van der Waals surface area (Å²) in [6, 6.07) is 5.49. The average molecular weight is 329 g/mol. The van der Waals surface area contributed by atoms with E-state index in [1.165, 1.54) is 0 Å². The minimum atomic E-state index is -0.208. The molecule has 0 aliphatic carbocycles. The van der Waals surface area contributed by atoms with Crippen LogP contribution in [0.5, 0.6) is 5.75 Å². The second kappa shape index (κ2) is 6.90. The van der Waals surface area contributed by atoms with Crippen LogP contribution in [0.1, 0.15) is 31.7 Å². The van der Waals surface area contributed by atoms with Crippen LogP contribution in [0.2, 0.25) is 0 Å². The van der Waals surface area contributed by atoms with Gasteiger partial charge in [-0.25, -0.2) is 14.5 Å². The maximum atomic E-state index is 12.2. The Morgan fingerprint density at radius 3 is 3.00 bits per heavy atom. The Labute approximate surface area is 141 Å². The number of aryl methyl sites for hydroxylation is 2. The summed E-state index contributed by atoms with van der Waals surface area (Å²) < 4.78 is 7.55. The zero-order valence-corrected chi connectivity index (χ0v) is 14.2. The molecule has 1 atom stereocenters. The maximum absolute atomic E-state index is 12.2. The quantitative estimate of drug-likeness (QED) is 0.903. The van der Waals surface area contributed by atoms with Crippen molar-refractivity contribution in [3.63, 3.8) is 0 Å². The van der Waals surface area contributed by atoms with Gasteiger partial charge in [0.05, 0.1) is 18.7 Å². The topological polar surface area (TPSA) is 81.1 Å². The first-order chi connectivity index (χ1) is 11.5. The lowest BCUT2D eigenvalue weighted by Crippen LogP contribution is -2.43. The second-order valence-electron chi connectivity index (χ2n) is 6.34. The molecule has 0 fully saturated rings. The van der Waals surface area contributed by atoms with Crippen molar-refractivity contribution in [2.75, 3.05) is 5.32 Å². The summed E-state index contributed by atoms with van der Waals surface area (Å²) in [5.41, 5.74) is 1.74. The number of rotatable bonds is 4. The van der Waals surface area contributed by atoms with Crippen molar-refractivity contribution in [1.29, 1.82) is 0 Å². The first-order valence-corrected chi connectivity index (χ1v) is 8.23. The first kappa shape index (κ1) is 16.3. The number of ether oxygens (including phenoxy) is 1. The molecule has 2 aromatic rings. The second-order valence-corrected chi connectivity index (χ2v) is 6.34. The molecule has 7 heteroatoms. The summed E-state index contributed by atoms with van der Waals surface area (Å²) in [4.78, 5) is 16.4. The highest BCUT2D eigenvalue weighted by molar-refractivity contribution is 5.89. The number of urea groups is 1. The maximum Gasteiger partial charge on any atom is 0.319 e. The molecule has 128 valence electrons. The smallest absolute Gasteiger partial charge is 0.319 e. The van der Waals surface area contributed by atoms with Crippen molar-refractivity contribution >= 4 is 11.7 Å². The number of fused-ring (bicyclic) bond motifs is 1. The van der Waals surface area contributed by atoms with Gasteiger partial charge in [0.1, 0.15) is 17.9 Å². The van der Waals surface area contributed by atoms with Gasteiger partial charge in [-0.3, -0.25) is 0 Å². The van der Waals surface area contributed by atoms with Gasteiger partial charge in [-0.2, -0.15) is 5.10 Å². The zero-order valence-electron chi connectivity index (χ0n) is 14.2. The molecule has 0 bridgehead atoms. The lowest BCUT2D eigenvalue weighted by atomic mass is 10.1. The predicted molar refractivity (Wildman–Crippen MR) is 91.2 cm³/mol. The fourth-order valence-corrected chi connectivity index (χ4v) is 2.82. The van der Waals surface area contributed by atoms with Crippen molar-refractivity contribution in [1.82, 2.24) is 20.1 Å². The predicted octanol–water partition coefficient (Wildman–Crippen LogP) is 2.51. The van der Waals surface area contributed by atoms with Crippen molar-refractivity contribution < 1.29 is 9.53 Å². The Hall–Kier alpha value is -2.57. The molecule has 2 amide bonds. The Balaban J connectivity index is 1.56. The largest absolute Gasteiger partial charge is 0.491 e. The SMILES string of the molecule is Cc1cc(NC(=O)N[C@H]2CCc3ncnn3C2)ccc1OC(C)C. The number of hydrogen-bond donors (Lipinski definition) is 2. The van der Waals surface area contributed by atoms with E-state index in [1.807, 2.05) is 43.7 Å². The molecular weight excluding hydrogens is 306 g/mol. The van der Waals surface area contributed by atoms with Crippen molar-refractivity contribution in [3.8, 4) is 5.75 Å². The molecule has 1 aliphatic heterocycles. The molecule has 1 aromatic carbocycles. The van der Waals surface area contributed by atoms with E-state index in [1.54, 1.807) is 6.33 Å². The molecule has 3 rings (SSSR count). The van der Waals surface area contributed by atoms with Crippen LogP contribution in [0.25, 0.3) is 0 Å². The molecule has 1 aliphatic rings. The molecule has 2 heterocycles. The third kappa shape index (κ3) is 3.84. The van der Waals surface area contributed by atoms with Crippen molar-refractivity contribution in [2.45, 2.75) is 52.3 Å². The van der Waals surface area contributed by atoms with Crippen LogP contribution in [0, 0.1) is 6.92 Å². The summed E-state index contributed by atoms with van der Waals surface area (Å²) in [6.07, 6.45) is 3.37. The molecule has 0 spiro atoms. The summed E-state index contributed by atoms with van der Waals surface area (Å²) >= 11 is 0. The number of carbonyl (C=O) groups excluding carboxylic acids is 1. The molecule has 1 aromatic heterocycles. The molecule has 0 unspecified atom stereocenters. The number of amides is 2. The fourth-order valence-electron chi connectivity index (χ4n) is 2.82. The number of nitrogens with one attached hydrogen (secondary N) is 2. The van der Waals surface area contributed by atoms with E-state index < -0.39 is 0 Å². The van der Waals surface area contributed by atoms with E-state index in [9.17, 15) is 4.79 Å². The number of benzene rings is 1. The van der Waals surface area contributed by atoms with Crippen LogP contribution in [-0.4, -0.2) is 32.9 Å². The Bertz CT molecular complexity index is 726. The minimum absolute atomic E-state index is 0.0591. The molecular formula is C17H23N5O2. The van der Waals surface area contributed by atoms with Gasteiger partial charge in [0, 0.05) is 12.1 Å².